The van der Waals surface area contributed by atoms with E-state index < -0.39 is 0 Å². The van der Waals surface area contributed by atoms with Crippen LogP contribution in [0.25, 0.3) is 138 Å². The molecular formula is C62H38N4O2. The molecule has 14 aromatic rings. The van der Waals surface area contributed by atoms with Crippen LogP contribution in [0.5, 0.6) is 0 Å². The quantitative estimate of drug-likeness (QED) is 0.176. The molecule has 1 aliphatic carbocycles. The fourth-order valence-electron chi connectivity index (χ4n) is 11.4. The number of aromatic nitrogens is 4. The lowest BCUT2D eigenvalue weighted by atomic mass is 9.81. The van der Waals surface area contributed by atoms with Crippen LogP contribution in [0.15, 0.2) is 203 Å². The largest absolute Gasteiger partial charge is 0.456 e. The Morgan fingerprint density at radius 1 is 0.397 bits per heavy atom. The van der Waals surface area contributed by atoms with E-state index in [0.717, 1.165) is 93.3 Å². The zero-order valence-corrected chi connectivity index (χ0v) is 37.1. The fourth-order valence-corrected chi connectivity index (χ4v) is 11.4. The number of furan rings is 2. The summed E-state index contributed by atoms with van der Waals surface area (Å²) < 4.78 is 15.4. The minimum Gasteiger partial charge on any atom is -0.456 e. The first-order valence-corrected chi connectivity index (χ1v) is 23.2. The second-order valence-corrected chi connectivity index (χ2v) is 18.7. The van der Waals surface area contributed by atoms with Crippen molar-refractivity contribution in [3.05, 3.63) is 205 Å². The van der Waals surface area contributed by atoms with Crippen LogP contribution in [0.4, 0.5) is 0 Å². The molecule has 0 fully saturated rings. The Hall–Kier alpha value is -8.87. The van der Waals surface area contributed by atoms with Crippen LogP contribution >= 0.6 is 0 Å². The third kappa shape index (κ3) is 5.20. The summed E-state index contributed by atoms with van der Waals surface area (Å²) in [5.74, 6) is 1.54. The fraction of sp³-hybridized carbons (Fsp3) is 0.0484. The third-order valence-electron chi connectivity index (χ3n) is 14.6. The molecule has 0 atom stereocenters. The normalized spacial score (nSPS) is 13.3. The molecule has 68 heavy (non-hydrogen) atoms. The molecule has 0 amide bonds. The van der Waals surface area contributed by atoms with Gasteiger partial charge in [0.1, 0.15) is 22.3 Å². The van der Waals surface area contributed by atoms with E-state index in [-0.39, 0.29) is 5.41 Å². The van der Waals surface area contributed by atoms with E-state index in [1.807, 2.05) is 42.5 Å². The standard InChI is InChI=1S/C62H38N4O2/c1-62(2)50-30-27-35-13-5-6-16-40(35)56(50)47-29-25-38(32-51(47)62)41-19-11-20-45-49-31-36-14-3-4-15-37(36)33-52(49)66(57(41)45)61-64-59(39-26-28-44-42-17-7-9-23-53(42)67-55(44)34-39)63-60(65-61)48-22-12-21-46-43-18-8-10-24-54(43)68-58(46)48/h3-34H,1-2H3. The van der Waals surface area contributed by atoms with Gasteiger partial charge < -0.3 is 8.83 Å². The van der Waals surface area contributed by atoms with Crippen LogP contribution in [0.2, 0.25) is 0 Å². The average Bonchev–Trinajstić information content (AvgIpc) is 4.11. The highest BCUT2D eigenvalue weighted by Crippen LogP contribution is 2.53. The summed E-state index contributed by atoms with van der Waals surface area (Å²) in [4.78, 5) is 16.3. The molecule has 4 heterocycles. The van der Waals surface area contributed by atoms with Gasteiger partial charge in [0.25, 0.3) is 0 Å². The second kappa shape index (κ2) is 13.6. The zero-order chi connectivity index (χ0) is 44.8. The number of benzene rings is 10. The number of hydrogen-bond donors (Lipinski definition) is 0. The minimum atomic E-state index is -0.209. The van der Waals surface area contributed by atoms with Crippen LogP contribution in [0.1, 0.15) is 25.0 Å². The summed E-state index contributed by atoms with van der Waals surface area (Å²) in [5.41, 5.74) is 14.1. The van der Waals surface area contributed by atoms with Crippen LogP contribution in [0.3, 0.4) is 0 Å². The molecule has 0 radical (unpaired) electrons. The van der Waals surface area contributed by atoms with Gasteiger partial charge >= 0.3 is 0 Å². The van der Waals surface area contributed by atoms with Crippen molar-refractivity contribution in [3.63, 3.8) is 0 Å². The SMILES string of the molecule is CC1(C)c2cc(-c3cccc4c5cc6ccccc6cc5n(-c5nc(-c6ccc7c(c6)oc6ccccc67)nc(-c6cccc7c6oc6ccccc67)n5)c34)ccc2-c2c1ccc1ccccc21. The monoisotopic (exact) mass is 870 g/mol. The topological polar surface area (TPSA) is 69.9 Å². The molecule has 6 heteroatoms. The Balaban J connectivity index is 1.03. The van der Waals surface area contributed by atoms with Crippen molar-refractivity contribution >= 4 is 87.2 Å². The minimum absolute atomic E-state index is 0.209. The lowest BCUT2D eigenvalue weighted by molar-refractivity contribution is 0.661. The maximum atomic E-state index is 6.65. The summed E-state index contributed by atoms with van der Waals surface area (Å²) in [6.07, 6.45) is 0. The van der Waals surface area contributed by atoms with E-state index in [0.29, 0.717) is 17.6 Å². The third-order valence-corrected chi connectivity index (χ3v) is 14.6. The Bertz CT molecular complexity index is 4490. The van der Waals surface area contributed by atoms with Gasteiger partial charge in [0.15, 0.2) is 11.6 Å². The lowest BCUT2D eigenvalue weighted by Crippen LogP contribution is -2.15. The molecule has 1 aliphatic rings. The highest BCUT2D eigenvalue weighted by atomic mass is 16.3. The van der Waals surface area contributed by atoms with E-state index in [2.05, 4.69) is 170 Å². The highest BCUT2D eigenvalue weighted by Gasteiger charge is 2.37. The molecular weight excluding hydrogens is 833 g/mol. The Morgan fingerprint density at radius 3 is 1.88 bits per heavy atom. The van der Waals surface area contributed by atoms with E-state index in [4.69, 9.17) is 23.8 Å². The van der Waals surface area contributed by atoms with Crippen molar-refractivity contribution in [2.45, 2.75) is 19.3 Å². The Labute approximate surface area is 389 Å². The molecule has 0 aliphatic heterocycles. The predicted octanol–water partition coefficient (Wildman–Crippen LogP) is 16.4. The summed E-state index contributed by atoms with van der Waals surface area (Å²) in [7, 11) is 0. The molecule has 0 spiro atoms. The summed E-state index contributed by atoms with van der Waals surface area (Å²) in [6.45, 7) is 4.72. The summed E-state index contributed by atoms with van der Waals surface area (Å²) in [5, 5.41) is 11.2. The van der Waals surface area contributed by atoms with Crippen LogP contribution in [0, 0.1) is 0 Å². The number of fused-ring (bicyclic) bond motifs is 15. The molecule has 6 nitrogen and oxygen atoms in total. The first-order valence-electron chi connectivity index (χ1n) is 23.2. The molecule has 318 valence electrons. The number of para-hydroxylation sites is 4. The van der Waals surface area contributed by atoms with Crippen molar-refractivity contribution in [1.82, 2.24) is 19.5 Å². The average molecular weight is 871 g/mol. The molecule has 10 aromatic carbocycles. The van der Waals surface area contributed by atoms with Gasteiger partial charge in [0.2, 0.25) is 5.95 Å². The summed E-state index contributed by atoms with van der Waals surface area (Å²) >= 11 is 0. The van der Waals surface area contributed by atoms with Gasteiger partial charge in [-0.2, -0.15) is 9.97 Å². The van der Waals surface area contributed by atoms with Gasteiger partial charge in [-0.1, -0.05) is 159 Å². The first kappa shape index (κ1) is 37.4. The first-order chi connectivity index (χ1) is 33.4. The van der Waals surface area contributed by atoms with E-state index >= 15 is 0 Å². The van der Waals surface area contributed by atoms with Crippen molar-refractivity contribution in [3.8, 4) is 51.0 Å². The van der Waals surface area contributed by atoms with Gasteiger partial charge in [0.05, 0.1) is 16.6 Å². The van der Waals surface area contributed by atoms with Gasteiger partial charge in [0, 0.05) is 48.9 Å². The molecule has 15 rings (SSSR count). The van der Waals surface area contributed by atoms with Crippen molar-refractivity contribution in [2.75, 3.05) is 0 Å². The van der Waals surface area contributed by atoms with Crippen LogP contribution in [-0.4, -0.2) is 19.5 Å². The summed E-state index contributed by atoms with van der Waals surface area (Å²) in [6, 6.07) is 69.0. The molecule has 0 saturated heterocycles. The van der Waals surface area contributed by atoms with E-state index in [1.54, 1.807) is 0 Å². The van der Waals surface area contributed by atoms with E-state index in [9.17, 15) is 0 Å². The number of nitrogens with zero attached hydrogens (tertiary/aromatic N) is 4. The van der Waals surface area contributed by atoms with Crippen LogP contribution < -0.4 is 0 Å². The smallest absolute Gasteiger partial charge is 0.238 e. The Morgan fingerprint density at radius 2 is 1.04 bits per heavy atom. The molecule has 4 aromatic heterocycles. The maximum absolute atomic E-state index is 6.65. The predicted molar refractivity (Wildman–Crippen MR) is 278 cm³/mol. The number of rotatable bonds is 4. The number of hydrogen-bond acceptors (Lipinski definition) is 5. The van der Waals surface area contributed by atoms with Gasteiger partial charge in [-0.25, -0.2) is 4.98 Å². The van der Waals surface area contributed by atoms with Crippen molar-refractivity contribution in [1.29, 1.82) is 0 Å². The van der Waals surface area contributed by atoms with Gasteiger partial charge in [-0.3, -0.25) is 4.57 Å². The van der Waals surface area contributed by atoms with Crippen molar-refractivity contribution < 1.29 is 8.83 Å². The van der Waals surface area contributed by atoms with E-state index in [1.165, 1.54) is 38.4 Å². The molecule has 0 unspecified atom stereocenters. The molecule has 0 N–H and O–H groups in total. The Kier molecular flexibility index (Phi) is 7.47. The van der Waals surface area contributed by atoms with Crippen molar-refractivity contribution in [2.24, 2.45) is 0 Å². The lowest BCUT2D eigenvalue weighted by Gasteiger charge is -2.22. The van der Waals surface area contributed by atoms with Gasteiger partial charge in [-0.15, -0.1) is 0 Å². The molecule has 0 saturated carbocycles. The van der Waals surface area contributed by atoms with Gasteiger partial charge in [-0.05, 0) is 97.9 Å². The molecule has 0 bridgehead atoms. The zero-order valence-electron chi connectivity index (χ0n) is 37.1. The highest BCUT2D eigenvalue weighted by molar-refractivity contribution is 6.17. The van der Waals surface area contributed by atoms with Crippen LogP contribution in [-0.2, 0) is 5.41 Å². The maximum Gasteiger partial charge on any atom is 0.238 e. The second-order valence-electron chi connectivity index (χ2n) is 18.7.